The Morgan fingerprint density at radius 3 is 2.13 bits per heavy atom. The minimum atomic E-state index is 0.638. The van der Waals surface area contributed by atoms with Gasteiger partial charge in [0.1, 0.15) is 0 Å². The Bertz CT molecular complexity index is 308. The molecule has 15 heavy (non-hydrogen) atoms. The van der Waals surface area contributed by atoms with Crippen molar-refractivity contribution in [3.8, 4) is 0 Å². The van der Waals surface area contributed by atoms with Gasteiger partial charge in [0.2, 0.25) is 0 Å². The summed E-state index contributed by atoms with van der Waals surface area (Å²) in [6.07, 6.45) is 2.45. The molecule has 1 rings (SSSR count). The zero-order valence-corrected chi connectivity index (χ0v) is 10.8. The van der Waals surface area contributed by atoms with Crippen molar-refractivity contribution in [3.05, 3.63) is 34.9 Å². The second kappa shape index (κ2) is 5.34. The van der Waals surface area contributed by atoms with Crippen molar-refractivity contribution in [2.24, 2.45) is 0 Å². The van der Waals surface area contributed by atoms with Crippen LogP contribution in [0.1, 0.15) is 69.6 Å². The van der Waals surface area contributed by atoms with Crippen LogP contribution in [0, 0.1) is 0 Å². The van der Waals surface area contributed by atoms with Crippen LogP contribution in [0.15, 0.2) is 18.2 Å². The highest BCUT2D eigenvalue weighted by Crippen LogP contribution is 2.29. The first-order chi connectivity index (χ1) is 7.07. The van der Waals surface area contributed by atoms with E-state index in [0.717, 1.165) is 0 Å². The van der Waals surface area contributed by atoms with Crippen LogP contribution in [-0.4, -0.2) is 0 Å². The van der Waals surface area contributed by atoms with E-state index < -0.39 is 0 Å². The predicted molar refractivity (Wildman–Crippen MR) is 68.6 cm³/mol. The average molecular weight is 204 g/mol. The maximum Gasteiger partial charge on any atom is -0.0213 e. The number of aryl methyl sites for hydroxylation is 1. The van der Waals surface area contributed by atoms with Crippen LogP contribution < -0.4 is 0 Å². The Balaban J connectivity index is 3.22. The summed E-state index contributed by atoms with van der Waals surface area (Å²) >= 11 is 0. The fraction of sp³-hybridized carbons (Fsp3) is 0.600. The minimum Gasteiger partial charge on any atom is -0.0651 e. The Kier molecular flexibility index (Phi) is 4.38. The molecule has 0 amide bonds. The Morgan fingerprint density at radius 2 is 1.67 bits per heavy atom. The van der Waals surface area contributed by atoms with Crippen molar-refractivity contribution >= 4 is 0 Å². The molecule has 0 aliphatic carbocycles. The lowest BCUT2D eigenvalue weighted by atomic mass is 9.86. The highest BCUT2D eigenvalue weighted by Gasteiger charge is 2.13. The van der Waals surface area contributed by atoms with E-state index in [2.05, 4.69) is 52.8 Å². The molecule has 0 heteroatoms. The van der Waals surface area contributed by atoms with Gasteiger partial charge in [-0.1, -0.05) is 59.2 Å². The van der Waals surface area contributed by atoms with Crippen molar-refractivity contribution in [3.63, 3.8) is 0 Å². The topological polar surface area (TPSA) is 0 Å². The van der Waals surface area contributed by atoms with Crippen molar-refractivity contribution < 1.29 is 0 Å². The summed E-state index contributed by atoms with van der Waals surface area (Å²) in [6, 6.07) is 6.80. The molecule has 0 nitrogen and oxygen atoms in total. The lowest BCUT2D eigenvalue weighted by Gasteiger charge is -2.20. The first-order valence-electron chi connectivity index (χ1n) is 6.19. The maximum absolute atomic E-state index is 2.31. The zero-order valence-electron chi connectivity index (χ0n) is 10.8. The van der Waals surface area contributed by atoms with E-state index in [4.69, 9.17) is 0 Å². The molecule has 0 aliphatic heterocycles. The van der Waals surface area contributed by atoms with Crippen molar-refractivity contribution in [1.29, 1.82) is 0 Å². The van der Waals surface area contributed by atoms with E-state index in [1.54, 1.807) is 11.1 Å². The van der Waals surface area contributed by atoms with Gasteiger partial charge in [-0.05, 0) is 34.9 Å². The molecule has 0 bridgehead atoms. The van der Waals surface area contributed by atoms with E-state index >= 15 is 0 Å². The summed E-state index contributed by atoms with van der Waals surface area (Å²) in [4.78, 5) is 0. The molecule has 0 fully saturated rings. The van der Waals surface area contributed by atoms with Gasteiger partial charge in [0, 0.05) is 0 Å². The summed E-state index contributed by atoms with van der Waals surface area (Å²) in [6.45, 7) is 11.4. The summed E-state index contributed by atoms with van der Waals surface area (Å²) in [7, 11) is 0. The number of benzene rings is 1. The van der Waals surface area contributed by atoms with Gasteiger partial charge in [0.05, 0.1) is 0 Å². The van der Waals surface area contributed by atoms with Gasteiger partial charge in [-0.3, -0.25) is 0 Å². The van der Waals surface area contributed by atoms with Crippen molar-refractivity contribution in [2.75, 3.05) is 0 Å². The van der Waals surface area contributed by atoms with Gasteiger partial charge < -0.3 is 0 Å². The monoisotopic (exact) mass is 204 g/mol. The molecule has 0 aliphatic rings. The van der Waals surface area contributed by atoms with Gasteiger partial charge in [-0.15, -0.1) is 0 Å². The van der Waals surface area contributed by atoms with E-state index in [1.165, 1.54) is 18.4 Å². The normalized spacial score (nSPS) is 11.4. The third-order valence-corrected chi connectivity index (χ3v) is 2.95. The second-order valence-corrected chi connectivity index (χ2v) is 4.98. The summed E-state index contributed by atoms with van der Waals surface area (Å²) < 4.78 is 0. The largest absolute Gasteiger partial charge is 0.0651 e. The molecule has 1 aromatic rings. The molecular weight excluding hydrogens is 180 g/mol. The lowest BCUT2D eigenvalue weighted by Crippen LogP contribution is -2.03. The van der Waals surface area contributed by atoms with Gasteiger partial charge in [0.15, 0.2) is 0 Å². The van der Waals surface area contributed by atoms with Gasteiger partial charge in [-0.25, -0.2) is 0 Å². The van der Waals surface area contributed by atoms with E-state index in [-0.39, 0.29) is 0 Å². The van der Waals surface area contributed by atoms with E-state index in [0.29, 0.717) is 11.8 Å². The van der Waals surface area contributed by atoms with Crippen LogP contribution in [0.4, 0.5) is 0 Å². The number of hydrogen-bond donors (Lipinski definition) is 0. The molecule has 0 saturated heterocycles. The molecule has 0 saturated carbocycles. The highest BCUT2D eigenvalue weighted by atomic mass is 14.2. The first-order valence-corrected chi connectivity index (χ1v) is 6.19. The smallest absolute Gasteiger partial charge is 0.0213 e. The zero-order chi connectivity index (χ0) is 11.4. The van der Waals surface area contributed by atoms with Crippen LogP contribution in [0.2, 0.25) is 0 Å². The van der Waals surface area contributed by atoms with Crippen LogP contribution in [0.3, 0.4) is 0 Å². The molecule has 1 aromatic carbocycles. The Morgan fingerprint density at radius 1 is 1.00 bits per heavy atom. The quantitative estimate of drug-likeness (QED) is 0.655. The fourth-order valence-electron chi connectivity index (χ4n) is 2.33. The summed E-state index contributed by atoms with van der Waals surface area (Å²) in [5, 5.41) is 0. The molecule has 0 aromatic heterocycles. The third-order valence-electron chi connectivity index (χ3n) is 2.95. The molecule has 0 N–H and O–H groups in total. The van der Waals surface area contributed by atoms with Gasteiger partial charge in [0.25, 0.3) is 0 Å². The molecule has 0 unspecified atom stereocenters. The van der Waals surface area contributed by atoms with E-state index in [9.17, 15) is 0 Å². The minimum absolute atomic E-state index is 0.638. The molecule has 84 valence electrons. The molecule has 0 atom stereocenters. The van der Waals surface area contributed by atoms with E-state index in [1.807, 2.05) is 0 Å². The SMILES string of the molecule is CCCc1cccc(C(C)C)c1C(C)C. The molecule has 0 spiro atoms. The highest BCUT2D eigenvalue weighted by molar-refractivity contribution is 5.39. The summed E-state index contributed by atoms with van der Waals surface area (Å²) in [5.74, 6) is 1.28. The van der Waals surface area contributed by atoms with Crippen LogP contribution >= 0.6 is 0 Å². The Hall–Kier alpha value is -0.780. The number of hydrogen-bond acceptors (Lipinski definition) is 0. The van der Waals surface area contributed by atoms with Crippen molar-refractivity contribution in [2.45, 2.75) is 59.3 Å². The number of rotatable bonds is 4. The molecule has 0 radical (unpaired) electrons. The molecule has 0 heterocycles. The predicted octanol–water partition coefficient (Wildman–Crippen LogP) is 4.89. The maximum atomic E-state index is 2.31. The third kappa shape index (κ3) is 2.84. The summed E-state index contributed by atoms with van der Waals surface area (Å²) in [5.41, 5.74) is 4.68. The fourth-order valence-corrected chi connectivity index (χ4v) is 2.33. The van der Waals surface area contributed by atoms with Crippen LogP contribution in [-0.2, 0) is 6.42 Å². The lowest BCUT2D eigenvalue weighted by molar-refractivity contribution is 0.765. The average Bonchev–Trinajstić information content (AvgIpc) is 2.17. The standard InChI is InChI=1S/C15H24/c1-6-8-13-9-7-10-14(11(2)3)15(13)12(4)5/h7,9-12H,6,8H2,1-5H3. The van der Waals surface area contributed by atoms with Crippen LogP contribution in [0.5, 0.6) is 0 Å². The van der Waals surface area contributed by atoms with Crippen LogP contribution in [0.25, 0.3) is 0 Å². The first kappa shape index (κ1) is 12.3. The van der Waals surface area contributed by atoms with Gasteiger partial charge >= 0.3 is 0 Å². The Labute approximate surface area is 94.7 Å². The molecular formula is C15H24. The van der Waals surface area contributed by atoms with Crippen molar-refractivity contribution in [1.82, 2.24) is 0 Å². The van der Waals surface area contributed by atoms with Gasteiger partial charge in [-0.2, -0.15) is 0 Å². The second-order valence-electron chi connectivity index (χ2n) is 4.98.